The van der Waals surface area contributed by atoms with Gasteiger partial charge >= 0.3 is 11.9 Å². The van der Waals surface area contributed by atoms with Gasteiger partial charge in [-0.15, -0.1) is 0 Å². The number of anilines is 1. The normalized spacial score (nSPS) is 9.00. The molecule has 0 spiro atoms. The summed E-state index contributed by atoms with van der Waals surface area (Å²) in [5.74, 6) is 2.96. The molecule has 0 bridgehead atoms. The summed E-state index contributed by atoms with van der Waals surface area (Å²) in [4.78, 5) is 21.8. The predicted octanol–water partition coefficient (Wildman–Crippen LogP) is 0.882. The van der Waals surface area contributed by atoms with Gasteiger partial charge in [-0.2, -0.15) is 0 Å². The molecule has 0 saturated carbocycles. The van der Waals surface area contributed by atoms with Crippen LogP contribution in [0.25, 0.3) is 0 Å². The van der Waals surface area contributed by atoms with Crippen molar-refractivity contribution in [1.82, 2.24) is 0 Å². The van der Waals surface area contributed by atoms with Gasteiger partial charge < -0.3 is 15.6 Å². The number of carbonyl (C=O) groups is 2. The zero-order valence-corrected chi connectivity index (χ0v) is 9.19. The summed E-state index contributed by atoms with van der Waals surface area (Å²) >= 11 is 0. The van der Waals surface area contributed by atoms with Gasteiger partial charge in [-0.3, -0.25) is 0 Å². The van der Waals surface area contributed by atoms with Crippen molar-refractivity contribution in [3.05, 3.63) is 29.3 Å². The number of aromatic carboxylic acids is 1. The quantitative estimate of drug-likeness (QED) is 0.449. The van der Waals surface area contributed by atoms with Gasteiger partial charge in [0.05, 0.1) is 12.2 Å². The van der Waals surface area contributed by atoms with Crippen LogP contribution in [0.5, 0.6) is 0 Å². The number of nitrogens with two attached hydrogens (primary N) is 1. The third-order valence-corrected chi connectivity index (χ3v) is 1.87. The molecule has 0 amide bonds. The molecule has 0 aromatic heterocycles. The average molecular weight is 233 g/mol. The lowest BCUT2D eigenvalue weighted by molar-refractivity contribution is -0.136. The minimum absolute atomic E-state index is 0.0411. The second-order valence-corrected chi connectivity index (χ2v) is 3.08. The van der Waals surface area contributed by atoms with Crippen molar-refractivity contribution in [2.75, 3.05) is 12.3 Å². The van der Waals surface area contributed by atoms with E-state index in [1.54, 1.807) is 6.92 Å². The van der Waals surface area contributed by atoms with Crippen LogP contribution in [0, 0.1) is 11.8 Å². The molecule has 0 fully saturated rings. The molecule has 0 unspecified atom stereocenters. The standard InChI is InChI=1S/C12H11NO4/c1-2-17-11(14)6-4-8-3-5-10(13)9(7-8)12(15)16/h3,5,7H,2,13H2,1H3,(H,15,16). The van der Waals surface area contributed by atoms with Gasteiger partial charge in [0.2, 0.25) is 0 Å². The number of hydrogen-bond donors (Lipinski definition) is 2. The Labute approximate surface area is 98.2 Å². The van der Waals surface area contributed by atoms with E-state index in [0.717, 1.165) is 0 Å². The fourth-order valence-corrected chi connectivity index (χ4v) is 1.11. The number of ether oxygens (including phenoxy) is 1. The minimum Gasteiger partial charge on any atom is -0.478 e. The van der Waals surface area contributed by atoms with E-state index in [1.807, 2.05) is 0 Å². The van der Waals surface area contributed by atoms with Crippen LogP contribution >= 0.6 is 0 Å². The number of benzene rings is 1. The highest BCUT2D eigenvalue weighted by atomic mass is 16.5. The number of carboxylic acids is 1. The minimum atomic E-state index is -1.14. The molecular formula is C12H11NO4. The molecule has 0 atom stereocenters. The van der Waals surface area contributed by atoms with Crippen molar-refractivity contribution in [2.45, 2.75) is 6.92 Å². The van der Waals surface area contributed by atoms with Gasteiger partial charge in [-0.05, 0) is 25.1 Å². The van der Waals surface area contributed by atoms with Gasteiger partial charge in [0.1, 0.15) is 0 Å². The van der Waals surface area contributed by atoms with Crippen LogP contribution in [0.1, 0.15) is 22.8 Å². The third-order valence-electron chi connectivity index (χ3n) is 1.87. The van der Waals surface area contributed by atoms with Crippen molar-refractivity contribution >= 4 is 17.6 Å². The zero-order valence-electron chi connectivity index (χ0n) is 9.19. The topological polar surface area (TPSA) is 89.6 Å². The van der Waals surface area contributed by atoms with Crippen LogP contribution in [-0.2, 0) is 9.53 Å². The van der Waals surface area contributed by atoms with Crippen LogP contribution < -0.4 is 5.73 Å². The fourth-order valence-electron chi connectivity index (χ4n) is 1.11. The highest BCUT2D eigenvalue weighted by molar-refractivity contribution is 5.94. The van der Waals surface area contributed by atoms with E-state index >= 15 is 0 Å². The van der Waals surface area contributed by atoms with E-state index in [9.17, 15) is 9.59 Å². The number of carboxylic acid groups (broad SMARTS) is 1. The Hall–Kier alpha value is -2.48. The summed E-state index contributed by atoms with van der Waals surface area (Å²) in [5, 5.41) is 8.83. The Balaban J connectivity index is 2.97. The molecular weight excluding hydrogens is 222 g/mol. The van der Waals surface area contributed by atoms with Crippen molar-refractivity contribution in [3.8, 4) is 11.8 Å². The lowest BCUT2D eigenvalue weighted by Gasteiger charge is -2.00. The largest absolute Gasteiger partial charge is 0.478 e. The first-order valence-electron chi connectivity index (χ1n) is 4.86. The Bertz CT molecular complexity index is 511. The van der Waals surface area contributed by atoms with E-state index in [1.165, 1.54) is 18.2 Å². The first kappa shape index (κ1) is 12.6. The molecule has 3 N–H and O–H groups in total. The molecule has 1 aromatic carbocycles. The SMILES string of the molecule is CCOC(=O)C#Cc1ccc(N)c(C(=O)O)c1. The highest BCUT2D eigenvalue weighted by Gasteiger charge is 2.07. The van der Waals surface area contributed by atoms with Crippen LogP contribution in [0.3, 0.4) is 0 Å². The van der Waals surface area contributed by atoms with E-state index in [4.69, 9.17) is 10.8 Å². The summed E-state index contributed by atoms with van der Waals surface area (Å²) in [6.45, 7) is 1.92. The van der Waals surface area contributed by atoms with Crippen molar-refractivity contribution in [1.29, 1.82) is 0 Å². The number of nitrogen functional groups attached to an aromatic ring is 1. The number of hydrogen-bond acceptors (Lipinski definition) is 4. The summed E-state index contributed by atoms with van der Waals surface area (Å²) < 4.78 is 4.61. The van der Waals surface area contributed by atoms with Crippen LogP contribution in [0.2, 0.25) is 0 Å². The van der Waals surface area contributed by atoms with E-state index in [-0.39, 0.29) is 17.9 Å². The lowest BCUT2D eigenvalue weighted by atomic mass is 10.1. The molecule has 0 heterocycles. The van der Waals surface area contributed by atoms with Gasteiger partial charge in [-0.25, -0.2) is 9.59 Å². The maximum atomic E-state index is 11.0. The highest BCUT2D eigenvalue weighted by Crippen LogP contribution is 2.13. The number of rotatable bonds is 2. The van der Waals surface area contributed by atoms with Crippen molar-refractivity contribution in [3.63, 3.8) is 0 Å². The predicted molar refractivity (Wildman–Crippen MR) is 61.3 cm³/mol. The molecule has 0 aliphatic heterocycles. The van der Waals surface area contributed by atoms with Crippen LogP contribution in [0.4, 0.5) is 5.69 Å². The second-order valence-electron chi connectivity index (χ2n) is 3.08. The summed E-state index contributed by atoms with van der Waals surface area (Å²) in [5.41, 5.74) is 5.98. The average Bonchev–Trinajstić information content (AvgIpc) is 2.28. The molecule has 0 aliphatic rings. The van der Waals surface area contributed by atoms with Crippen molar-refractivity contribution in [2.24, 2.45) is 0 Å². The molecule has 17 heavy (non-hydrogen) atoms. The molecule has 0 aliphatic carbocycles. The summed E-state index contributed by atoms with van der Waals surface area (Å²) in [7, 11) is 0. The monoisotopic (exact) mass is 233 g/mol. The molecule has 5 heteroatoms. The van der Waals surface area contributed by atoms with Gasteiger partial charge in [-0.1, -0.05) is 5.92 Å². The van der Waals surface area contributed by atoms with E-state index in [2.05, 4.69) is 16.6 Å². The molecule has 0 radical (unpaired) electrons. The number of esters is 1. The second kappa shape index (κ2) is 5.56. The van der Waals surface area contributed by atoms with Crippen molar-refractivity contribution < 1.29 is 19.4 Å². The van der Waals surface area contributed by atoms with Gasteiger partial charge in [0.25, 0.3) is 0 Å². The summed E-state index contributed by atoms with van der Waals surface area (Å²) in [6, 6.07) is 4.27. The zero-order chi connectivity index (χ0) is 12.8. The Morgan fingerprint density at radius 2 is 2.18 bits per heavy atom. The molecule has 5 nitrogen and oxygen atoms in total. The first-order valence-corrected chi connectivity index (χ1v) is 4.86. The van der Waals surface area contributed by atoms with Gasteiger partial charge in [0, 0.05) is 17.2 Å². The Morgan fingerprint density at radius 1 is 1.47 bits per heavy atom. The fraction of sp³-hybridized carbons (Fsp3) is 0.167. The number of carbonyl (C=O) groups excluding carboxylic acids is 1. The third kappa shape index (κ3) is 3.54. The van der Waals surface area contributed by atoms with E-state index in [0.29, 0.717) is 5.56 Å². The first-order chi connectivity index (χ1) is 8.04. The Kier molecular flexibility index (Phi) is 4.12. The Morgan fingerprint density at radius 3 is 2.76 bits per heavy atom. The lowest BCUT2D eigenvalue weighted by Crippen LogP contribution is -2.03. The molecule has 1 rings (SSSR count). The smallest absolute Gasteiger partial charge is 0.384 e. The van der Waals surface area contributed by atoms with Crippen LogP contribution in [-0.4, -0.2) is 23.7 Å². The summed E-state index contributed by atoms with van der Waals surface area (Å²) in [6.07, 6.45) is 0. The van der Waals surface area contributed by atoms with Crippen LogP contribution in [0.15, 0.2) is 18.2 Å². The maximum Gasteiger partial charge on any atom is 0.384 e. The molecule has 0 saturated heterocycles. The van der Waals surface area contributed by atoms with Gasteiger partial charge in [0.15, 0.2) is 0 Å². The molecule has 1 aromatic rings. The van der Waals surface area contributed by atoms with E-state index < -0.39 is 11.9 Å². The maximum absolute atomic E-state index is 11.0. The molecule has 88 valence electrons.